The second-order valence-corrected chi connectivity index (χ2v) is 4.39. The zero-order valence-electron chi connectivity index (χ0n) is 9.86. The number of furan rings is 1. The first-order valence-electron chi connectivity index (χ1n) is 5.62. The van der Waals surface area contributed by atoms with Crippen molar-refractivity contribution in [1.29, 1.82) is 0 Å². The Morgan fingerprint density at radius 2 is 2.13 bits per heavy atom. The molecule has 0 aliphatic carbocycles. The monoisotopic (exact) mass is 210 g/mol. The van der Waals surface area contributed by atoms with E-state index in [1.807, 2.05) is 12.1 Å². The quantitative estimate of drug-likeness (QED) is 0.756. The molecule has 1 aromatic rings. The predicted octanol–water partition coefficient (Wildman–Crippen LogP) is 2.16. The molecule has 1 aromatic heterocycles. The van der Waals surface area contributed by atoms with Crippen LogP contribution in [0, 0.1) is 11.8 Å². The molecule has 2 atom stereocenters. The number of nitrogens with two attached hydrogens (primary N) is 1. The molecule has 1 unspecified atom stereocenters. The zero-order valence-corrected chi connectivity index (χ0v) is 9.86. The van der Waals surface area contributed by atoms with Crippen LogP contribution in [0.4, 0.5) is 0 Å². The fraction of sp³-hybridized carbons (Fsp3) is 0.667. The number of nitrogens with one attached hydrogen (secondary N) is 1. The van der Waals surface area contributed by atoms with Gasteiger partial charge in [-0.2, -0.15) is 0 Å². The van der Waals surface area contributed by atoms with Crippen LogP contribution in [0.2, 0.25) is 0 Å². The van der Waals surface area contributed by atoms with Gasteiger partial charge in [0.15, 0.2) is 0 Å². The van der Waals surface area contributed by atoms with E-state index >= 15 is 0 Å². The van der Waals surface area contributed by atoms with E-state index in [9.17, 15) is 0 Å². The molecule has 0 saturated carbocycles. The first-order valence-corrected chi connectivity index (χ1v) is 5.62. The van der Waals surface area contributed by atoms with Gasteiger partial charge in [0.2, 0.25) is 0 Å². The van der Waals surface area contributed by atoms with Crippen LogP contribution in [0.5, 0.6) is 0 Å². The molecule has 0 saturated heterocycles. The van der Waals surface area contributed by atoms with Crippen LogP contribution < -0.4 is 11.1 Å². The molecule has 86 valence electrons. The third-order valence-corrected chi connectivity index (χ3v) is 2.90. The van der Waals surface area contributed by atoms with Gasteiger partial charge in [0.1, 0.15) is 5.76 Å². The number of hydrogen-bond donors (Lipinski definition) is 2. The molecule has 0 amide bonds. The van der Waals surface area contributed by atoms with E-state index in [4.69, 9.17) is 10.2 Å². The largest absolute Gasteiger partial charge is 0.468 e. The Hall–Kier alpha value is -0.800. The highest BCUT2D eigenvalue weighted by atomic mass is 16.3. The van der Waals surface area contributed by atoms with Crippen LogP contribution >= 0.6 is 0 Å². The third-order valence-electron chi connectivity index (χ3n) is 2.90. The van der Waals surface area contributed by atoms with Crippen molar-refractivity contribution >= 4 is 0 Å². The van der Waals surface area contributed by atoms with E-state index in [2.05, 4.69) is 26.1 Å². The van der Waals surface area contributed by atoms with Crippen molar-refractivity contribution in [3.8, 4) is 0 Å². The van der Waals surface area contributed by atoms with Gasteiger partial charge in [-0.1, -0.05) is 13.8 Å². The van der Waals surface area contributed by atoms with Crippen LogP contribution in [0.15, 0.2) is 22.8 Å². The van der Waals surface area contributed by atoms with Gasteiger partial charge >= 0.3 is 0 Å². The van der Waals surface area contributed by atoms with E-state index in [0.29, 0.717) is 11.8 Å². The van der Waals surface area contributed by atoms with Gasteiger partial charge in [-0.3, -0.25) is 0 Å². The molecule has 0 aliphatic rings. The fourth-order valence-electron chi connectivity index (χ4n) is 1.56. The van der Waals surface area contributed by atoms with Crippen molar-refractivity contribution in [2.24, 2.45) is 17.6 Å². The highest BCUT2D eigenvalue weighted by molar-refractivity contribution is 5.02. The second-order valence-electron chi connectivity index (χ2n) is 4.39. The molecule has 0 radical (unpaired) electrons. The summed E-state index contributed by atoms with van der Waals surface area (Å²) in [6.07, 6.45) is 1.70. The van der Waals surface area contributed by atoms with E-state index in [0.717, 1.165) is 18.8 Å². The molecule has 0 aromatic carbocycles. The maximum atomic E-state index is 5.72. The first-order chi connectivity index (χ1) is 7.15. The van der Waals surface area contributed by atoms with E-state index < -0.39 is 0 Å². The summed E-state index contributed by atoms with van der Waals surface area (Å²) < 4.78 is 5.33. The van der Waals surface area contributed by atoms with Crippen LogP contribution in [0.1, 0.15) is 32.6 Å². The summed E-state index contributed by atoms with van der Waals surface area (Å²) in [5.41, 5.74) is 5.72. The minimum absolute atomic E-state index is 0.257. The lowest BCUT2D eigenvalue weighted by Gasteiger charge is -2.21. The average Bonchev–Trinajstić information content (AvgIpc) is 2.70. The van der Waals surface area contributed by atoms with Crippen molar-refractivity contribution in [2.45, 2.75) is 26.8 Å². The number of hydrogen-bond acceptors (Lipinski definition) is 3. The van der Waals surface area contributed by atoms with Gasteiger partial charge in [-0.05, 0) is 37.4 Å². The summed E-state index contributed by atoms with van der Waals surface area (Å²) in [5, 5.41) is 3.44. The Morgan fingerprint density at radius 3 is 2.60 bits per heavy atom. The second kappa shape index (κ2) is 5.93. The average molecular weight is 210 g/mol. The Kier molecular flexibility index (Phi) is 4.85. The lowest BCUT2D eigenvalue weighted by molar-refractivity contribution is 0.339. The van der Waals surface area contributed by atoms with Gasteiger partial charge < -0.3 is 15.5 Å². The van der Waals surface area contributed by atoms with E-state index in [-0.39, 0.29) is 6.04 Å². The molecule has 0 aliphatic heterocycles. The van der Waals surface area contributed by atoms with Gasteiger partial charge in [-0.25, -0.2) is 0 Å². The van der Waals surface area contributed by atoms with Crippen molar-refractivity contribution in [3.05, 3.63) is 24.2 Å². The molecule has 3 heteroatoms. The zero-order chi connectivity index (χ0) is 11.3. The standard InChI is InChI=1S/C12H22N2O/c1-9(2)11(7-13)8-14-10(3)12-5-4-6-15-12/h4-6,9-11,14H,7-8,13H2,1-3H3/t10-,11?/m0/s1. The molecule has 15 heavy (non-hydrogen) atoms. The fourth-order valence-corrected chi connectivity index (χ4v) is 1.56. The Balaban J connectivity index is 2.36. The molecule has 1 heterocycles. The van der Waals surface area contributed by atoms with Crippen molar-refractivity contribution in [2.75, 3.05) is 13.1 Å². The van der Waals surface area contributed by atoms with Crippen LogP contribution in [-0.2, 0) is 0 Å². The predicted molar refractivity (Wildman–Crippen MR) is 62.5 cm³/mol. The van der Waals surface area contributed by atoms with Gasteiger partial charge in [0.05, 0.1) is 12.3 Å². The maximum Gasteiger partial charge on any atom is 0.120 e. The van der Waals surface area contributed by atoms with Crippen LogP contribution in [0.25, 0.3) is 0 Å². The smallest absolute Gasteiger partial charge is 0.120 e. The summed E-state index contributed by atoms with van der Waals surface area (Å²) in [7, 11) is 0. The summed E-state index contributed by atoms with van der Waals surface area (Å²) >= 11 is 0. The summed E-state index contributed by atoms with van der Waals surface area (Å²) in [5.74, 6) is 2.13. The van der Waals surface area contributed by atoms with Crippen LogP contribution in [0.3, 0.4) is 0 Å². The van der Waals surface area contributed by atoms with Gasteiger partial charge in [0, 0.05) is 6.54 Å². The van der Waals surface area contributed by atoms with Crippen molar-refractivity contribution in [1.82, 2.24) is 5.32 Å². The topological polar surface area (TPSA) is 51.2 Å². The Morgan fingerprint density at radius 1 is 1.40 bits per heavy atom. The molecular formula is C12H22N2O. The lowest BCUT2D eigenvalue weighted by atomic mass is 9.96. The van der Waals surface area contributed by atoms with Crippen molar-refractivity contribution in [3.63, 3.8) is 0 Å². The molecule has 0 bridgehead atoms. The van der Waals surface area contributed by atoms with E-state index in [1.165, 1.54) is 0 Å². The molecule has 3 N–H and O–H groups in total. The number of rotatable bonds is 6. The van der Waals surface area contributed by atoms with Gasteiger partial charge in [-0.15, -0.1) is 0 Å². The Bertz CT molecular complexity index is 257. The van der Waals surface area contributed by atoms with Crippen molar-refractivity contribution < 1.29 is 4.42 Å². The summed E-state index contributed by atoms with van der Waals surface area (Å²) in [6.45, 7) is 8.19. The highest BCUT2D eigenvalue weighted by Crippen LogP contribution is 2.14. The maximum absolute atomic E-state index is 5.72. The third kappa shape index (κ3) is 3.68. The van der Waals surface area contributed by atoms with Gasteiger partial charge in [0.25, 0.3) is 0 Å². The first kappa shape index (κ1) is 12.3. The molecule has 0 spiro atoms. The molecule has 3 nitrogen and oxygen atoms in total. The summed E-state index contributed by atoms with van der Waals surface area (Å²) in [6, 6.07) is 4.16. The normalized spacial score (nSPS) is 15.5. The van der Waals surface area contributed by atoms with E-state index in [1.54, 1.807) is 6.26 Å². The molecule has 1 rings (SSSR count). The SMILES string of the molecule is CC(C)C(CN)CN[C@@H](C)c1ccco1. The molecule has 0 fully saturated rings. The lowest BCUT2D eigenvalue weighted by Crippen LogP contribution is -2.33. The minimum Gasteiger partial charge on any atom is -0.468 e. The summed E-state index contributed by atoms with van der Waals surface area (Å²) in [4.78, 5) is 0. The highest BCUT2D eigenvalue weighted by Gasteiger charge is 2.14. The van der Waals surface area contributed by atoms with Crippen LogP contribution in [-0.4, -0.2) is 13.1 Å². The minimum atomic E-state index is 0.257. The Labute approximate surface area is 92.0 Å². The molecular weight excluding hydrogens is 188 g/mol.